The summed E-state index contributed by atoms with van der Waals surface area (Å²) in [4.78, 5) is 16.5. The van der Waals surface area contributed by atoms with Crippen molar-refractivity contribution < 1.29 is 19.0 Å². The summed E-state index contributed by atoms with van der Waals surface area (Å²) in [6.45, 7) is 7.72. The third kappa shape index (κ3) is 5.84. The molecule has 2 N–H and O–H groups in total. The molecule has 0 radical (unpaired) electrons. The Balaban J connectivity index is 2.23. The monoisotopic (exact) mass is 374 g/mol. The molecular weight excluding hydrogens is 347 g/mol. The Bertz CT molecular complexity index is 778. The molecule has 0 bridgehead atoms. The maximum absolute atomic E-state index is 14.2. The molecule has 0 saturated heterocycles. The molecule has 1 atom stereocenters. The lowest BCUT2D eigenvalue weighted by atomic mass is 10.1. The molecule has 0 aliphatic heterocycles. The number of carbonyl (C=O) groups excluding carboxylic acids is 1. The Morgan fingerprint density at radius 3 is 2.59 bits per heavy atom. The Labute approximate surface area is 159 Å². The molecule has 0 fully saturated rings. The number of rotatable bonds is 8. The van der Waals surface area contributed by atoms with Crippen LogP contribution in [0.5, 0.6) is 0 Å². The number of pyridine rings is 1. The second-order valence-electron chi connectivity index (χ2n) is 7.07. The first kappa shape index (κ1) is 21.0. The molecule has 2 aromatic rings. The van der Waals surface area contributed by atoms with E-state index in [-0.39, 0.29) is 36.9 Å². The zero-order chi connectivity index (χ0) is 20.0. The van der Waals surface area contributed by atoms with E-state index in [4.69, 9.17) is 4.74 Å². The van der Waals surface area contributed by atoms with E-state index in [1.807, 2.05) is 19.9 Å². The normalized spacial score (nSPS) is 12.4. The molecule has 1 aromatic heterocycles. The molecule has 0 unspecified atom stereocenters. The minimum absolute atomic E-state index is 0.0288. The average molecular weight is 374 g/mol. The molecule has 2 rings (SSSR count). The van der Waals surface area contributed by atoms with Crippen molar-refractivity contribution in [2.75, 3.05) is 6.61 Å². The van der Waals surface area contributed by atoms with Crippen LogP contribution in [0, 0.1) is 11.7 Å². The van der Waals surface area contributed by atoms with Gasteiger partial charge in [0.2, 0.25) is 0 Å². The summed E-state index contributed by atoms with van der Waals surface area (Å²) in [7, 11) is 0. The Morgan fingerprint density at radius 2 is 1.96 bits per heavy atom. The van der Waals surface area contributed by atoms with Crippen LogP contribution >= 0.6 is 0 Å². The number of esters is 1. The summed E-state index contributed by atoms with van der Waals surface area (Å²) >= 11 is 0. The highest BCUT2D eigenvalue weighted by Gasteiger charge is 2.15. The van der Waals surface area contributed by atoms with Crippen molar-refractivity contribution in [3.05, 3.63) is 53.5 Å². The topological polar surface area (TPSA) is 71.5 Å². The molecule has 27 heavy (non-hydrogen) atoms. The zero-order valence-corrected chi connectivity index (χ0v) is 16.2. The average Bonchev–Trinajstić information content (AvgIpc) is 2.63. The summed E-state index contributed by atoms with van der Waals surface area (Å²) < 4.78 is 19.4. The van der Waals surface area contributed by atoms with Gasteiger partial charge in [-0.15, -0.1) is 0 Å². The van der Waals surface area contributed by atoms with Crippen LogP contribution in [0.3, 0.4) is 0 Å². The van der Waals surface area contributed by atoms with Gasteiger partial charge >= 0.3 is 5.97 Å². The number of hydrogen-bond donors (Lipinski definition) is 2. The maximum atomic E-state index is 14.2. The van der Waals surface area contributed by atoms with Crippen LogP contribution in [-0.4, -0.2) is 34.8 Å². The third-order valence-electron chi connectivity index (χ3n) is 4.19. The second-order valence-corrected chi connectivity index (χ2v) is 7.07. The third-order valence-corrected chi connectivity index (χ3v) is 4.19. The van der Waals surface area contributed by atoms with Gasteiger partial charge in [0.15, 0.2) is 0 Å². The first-order chi connectivity index (χ1) is 12.8. The number of aromatic nitrogens is 1. The molecule has 6 heteroatoms. The van der Waals surface area contributed by atoms with E-state index in [9.17, 15) is 14.3 Å². The number of nitrogens with zero attached hydrogens (tertiary/aromatic N) is 1. The summed E-state index contributed by atoms with van der Waals surface area (Å²) in [5.74, 6) is -0.606. The number of halogens is 1. The van der Waals surface area contributed by atoms with E-state index in [1.54, 1.807) is 38.1 Å². The van der Waals surface area contributed by atoms with E-state index >= 15 is 0 Å². The predicted molar refractivity (Wildman–Crippen MR) is 103 cm³/mol. The van der Waals surface area contributed by atoms with Crippen molar-refractivity contribution in [1.82, 2.24) is 10.3 Å². The van der Waals surface area contributed by atoms with E-state index in [0.29, 0.717) is 16.8 Å². The fourth-order valence-electron chi connectivity index (χ4n) is 2.60. The largest absolute Gasteiger partial charge is 0.459 e. The van der Waals surface area contributed by atoms with Crippen LogP contribution in [0.1, 0.15) is 43.7 Å². The Morgan fingerprint density at radius 1 is 1.22 bits per heavy atom. The highest BCUT2D eigenvalue weighted by Crippen LogP contribution is 2.21. The number of ether oxygens (including phenoxy) is 1. The van der Waals surface area contributed by atoms with Crippen molar-refractivity contribution in [3.8, 4) is 11.3 Å². The van der Waals surface area contributed by atoms with Gasteiger partial charge in [-0.25, -0.2) is 14.2 Å². The van der Waals surface area contributed by atoms with Crippen LogP contribution in [0.4, 0.5) is 4.39 Å². The number of aliphatic hydroxyl groups is 1. The van der Waals surface area contributed by atoms with Gasteiger partial charge in [0, 0.05) is 18.2 Å². The lowest BCUT2D eigenvalue weighted by molar-refractivity contribution is 0.0378. The number of hydrogen-bond acceptors (Lipinski definition) is 5. The van der Waals surface area contributed by atoms with Gasteiger partial charge in [-0.3, -0.25) is 0 Å². The molecule has 0 saturated carbocycles. The van der Waals surface area contributed by atoms with Gasteiger partial charge in [-0.2, -0.15) is 0 Å². The molecule has 0 aliphatic rings. The lowest BCUT2D eigenvalue weighted by Crippen LogP contribution is -2.36. The smallest absolute Gasteiger partial charge is 0.338 e. The van der Waals surface area contributed by atoms with E-state index < -0.39 is 11.8 Å². The van der Waals surface area contributed by atoms with Gasteiger partial charge < -0.3 is 15.2 Å². The van der Waals surface area contributed by atoms with Crippen molar-refractivity contribution in [2.45, 2.75) is 46.4 Å². The van der Waals surface area contributed by atoms with Crippen LogP contribution in [0.25, 0.3) is 11.3 Å². The predicted octanol–water partition coefficient (Wildman–Crippen LogP) is 3.56. The highest BCUT2D eigenvalue weighted by molar-refractivity contribution is 5.91. The Hall–Kier alpha value is -2.31. The van der Waals surface area contributed by atoms with Gasteiger partial charge in [0.25, 0.3) is 0 Å². The molecule has 1 heterocycles. The van der Waals surface area contributed by atoms with Crippen molar-refractivity contribution in [3.63, 3.8) is 0 Å². The summed E-state index contributed by atoms with van der Waals surface area (Å²) in [5, 5.41) is 12.5. The van der Waals surface area contributed by atoms with Gasteiger partial charge in [-0.1, -0.05) is 26.0 Å². The SMILES string of the molecule is CC(C)OC(=O)c1cccc(-c2ccc(F)c(CN[C@@H](CO)C(C)C)n2)c1. The van der Waals surface area contributed by atoms with Crippen LogP contribution in [-0.2, 0) is 11.3 Å². The number of aliphatic hydroxyl groups excluding tert-OH is 1. The molecule has 146 valence electrons. The summed E-state index contributed by atoms with van der Waals surface area (Å²) in [6, 6.07) is 9.73. The first-order valence-corrected chi connectivity index (χ1v) is 9.13. The zero-order valence-electron chi connectivity index (χ0n) is 16.2. The fraction of sp³-hybridized carbons (Fsp3) is 0.429. The second kappa shape index (κ2) is 9.58. The first-order valence-electron chi connectivity index (χ1n) is 9.13. The quantitative estimate of drug-likeness (QED) is 0.692. The minimum atomic E-state index is -0.415. The van der Waals surface area contributed by atoms with Crippen LogP contribution in [0.2, 0.25) is 0 Å². The minimum Gasteiger partial charge on any atom is -0.459 e. The van der Waals surface area contributed by atoms with Crippen molar-refractivity contribution in [1.29, 1.82) is 0 Å². The van der Waals surface area contributed by atoms with Gasteiger partial charge in [0.1, 0.15) is 5.82 Å². The summed E-state index contributed by atoms with van der Waals surface area (Å²) in [6.07, 6.45) is -0.205. The number of nitrogens with one attached hydrogen (secondary N) is 1. The molecule has 1 aromatic carbocycles. The standard InChI is InChI=1S/C21H27FN2O3/c1-13(2)20(12-25)23-11-19-17(22)8-9-18(24-19)15-6-5-7-16(10-15)21(26)27-14(3)4/h5-10,13-14,20,23,25H,11-12H2,1-4H3/t20-/m0/s1. The Kier molecular flexibility index (Phi) is 7.45. The van der Waals surface area contributed by atoms with E-state index in [1.165, 1.54) is 6.07 Å². The molecule has 5 nitrogen and oxygen atoms in total. The number of carbonyl (C=O) groups is 1. The molecular formula is C21H27FN2O3. The molecule has 0 spiro atoms. The van der Waals surface area contributed by atoms with E-state index in [2.05, 4.69) is 10.3 Å². The summed E-state index contributed by atoms with van der Waals surface area (Å²) in [5.41, 5.74) is 1.96. The van der Waals surface area contributed by atoms with Crippen LogP contribution in [0.15, 0.2) is 36.4 Å². The lowest BCUT2D eigenvalue weighted by Gasteiger charge is -2.20. The van der Waals surface area contributed by atoms with E-state index in [0.717, 1.165) is 0 Å². The van der Waals surface area contributed by atoms with Gasteiger partial charge in [-0.05, 0) is 44.0 Å². The maximum Gasteiger partial charge on any atom is 0.338 e. The van der Waals surface area contributed by atoms with Crippen molar-refractivity contribution >= 4 is 5.97 Å². The number of benzene rings is 1. The van der Waals surface area contributed by atoms with Gasteiger partial charge in [0.05, 0.1) is 29.7 Å². The molecule has 0 aliphatic carbocycles. The van der Waals surface area contributed by atoms with Crippen molar-refractivity contribution in [2.24, 2.45) is 5.92 Å². The van der Waals surface area contributed by atoms with Crippen LogP contribution < -0.4 is 5.32 Å². The molecule has 0 amide bonds. The fourth-order valence-corrected chi connectivity index (χ4v) is 2.60. The highest BCUT2D eigenvalue weighted by atomic mass is 19.1.